The van der Waals surface area contributed by atoms with E-state index in [9.17, 15) is 0 Å². The Morgan fingerprint density at radius 2 is 2.44 bits per heavy atom. The number of methoxy groups -OCH3 is 1. The van der Waals surface area contributed by atoms with Crippen LogP contribution in [0.4, 0.5) is 0 Å². The van der Waals surface area contributed by atoms with Crippen LogP contribution >= 0.6 is 0 Å². The molecule has 0 spiro atoms. The number of nitrogens with two attached hydrogens (primary N) is 1. The summed E-state index contributed by atoms with van der Waals surface area (Å²) in [5, 5.41) is 3.50. The van der Waals surface area contributed by atoms with Gasteiger partial charge in [-0.25, -0.2) is 4.98 Å². The van der Waals surface area contributed by atoms with Crippen molar-refractivity contribution in [3.63, 3.8) is 0 Å². The summed E-state index contributed by atoms with van der Waals surface area (Å²) >= 11 is 0. The van der Waals surface area contributed by atoms with E-state index in [1.54, 1.807) is 13.3 Å². The molecule has 0 aliphatic heterocycles. The molecule has 16 heavy (non-hydrogen) atoms. The van der Waals surface area contributed by atoms with E-state index in [0.717, 1.165) is 24.9 Å². The fourth-order valence-corrected chi connectivity index (χ4v) is 2.20. The Labute approximate surface area is 96.2 Å². The highest BCUT2D eigenvalue weighted by Gasteiger charge is 2.21. The van der Waals surface area contributed by atoms with Crippen LogP contribution in [0, 0.1) is 0 Å². The Morgan fingerprint density at radius 3 is 3.12 bits per heavy atom. The maximum atomic E-state index is 5.87. The Hall–Kier alpha value is -1.13. The van der Waals surface area contributed by atoms with E-state index in [1.165, 1.54) is 6.42 Å². The summed E-state index contributed by atoms with van der Waals surface area (Å²) in [6.45, 7) is 0.800. The van der Waals surface area contributed by atoms with Crippen molar-refractivity contribution in [2.75, 3.05) is 7.11 Å². The molecule has 88 valence electrons. The predicted molar refractivity (Wildman–Crippen MR) is 63.2 cm³/mol. The van der Waals surface area contributed by atoms with E-state index in [1.807, 2.05) is 12.1 Å². The number of hydrogen-bond donors (Lipinski definition) is 2. The number of nitrogens with zero attached hydrogens (tertiary/aromatic N) is 1. The van der Waals surface area contributed by atoms with E-state index in [0.29, 0.717) is 18.0 Å². The summed E-state index contributed by atoms with van der Waals surface area (Å²) in [5.41, 5.74) is 6.98. The van der Waals surface area contributed by atoms with Crippen LogP contribution in [0.1, 0.15) is 24.8 Å². The van der Waals surface area contributed by atoms with Gasteiger partial charge < -0.3 is 15.8 Å². The minimum atomic E-state index is 0.369. The highest BCUT2D eigenvalue weighted by molar-refractivity contribution is 5.25. The molecule has 0 bridgehead atoms. The van der Waals surface area contributed by atoms with Gasteiger partial charge in [0.15, 0.2) is 0 Å². The molecule has 1 fully saturated rings. The fraction of sp³-hybridized carbons (Fsp3) is 0.583. The molecule has 1 aromatic heterocycles. The number of nitrogens with one attached hydrogen (secondary N) is 1. The Balaban J connectivity index is 1.89. The molecule has 0 saturated heterocycles. The first kappa shape index (κ1) is 11.4. The van der Waals surface area contributed by atoms with Gasteiger partial charge in [-0.1, -0.05) is 6.07 Å². The molecule has 4 heteroatoms. The fourth-order valence-electron chi connectivity index (χ4n) is 2.20. The summed E-state index contributed by atoms with van der Waals surface area (Å²) in [6.07, 6.45) is 5.11. The van der Waals surface area contributed by atoms with Crippen molar-refractivity contribution in [1.29, 1.82) is 0 Å². The Kier molecular flexibility index (Phi) is 3.74. The van der Waals surface area contributed by atoms with Crippen LogP contribution < -0.4 is 15.8 Å². The van der Waals surface area contributed by atoms with Crippen molar-refractivity contribution < 1.29 is 4.74 Å². The highest BCUT2D eigenvalue weighted by atomic mass is 16.5. The van der Waals surface area contributed by atoms with Crippen molar-refractivity contribution in [1.82, 2.24) is 10.3 Å². The molecule has 1 saturated carbocycles. The van der Waals surface area contributed by atoms with Gasteiger partial charge in [0.1, 0.15) is 0 Å². The van der Waals surface area contributed by atoms with Gasteiger partial charge in [0.25, 0.3) is 0 Å². The first-order valence-corrected chi connectivity index (χ1v) is 5.76. The van der Waals surface area contributed by atoms with Gasteiger partial charge in [0.2, 0.25) is 5.88 Å². The highest BCUT2D eigenvalue weighted by Crippen LogP contribution is 2.19. The quantitative estimate of drug-likeness (QED) is 0.798. The third kappa shape index (κ3) is 2.71. The maximum Gasteiger partial charge on any atom is 0.217 e. The molecule has 4 nitrogen and oxygen atoms in total. The largest absolute Gasteiger partial charge is 0.481 e. The molecule has 1 aromatic rings. The zero-order valence-electron chi connectivity index (χ0n) is 9.65. The van der Waals surface area contributed by atoms with Gasteiger partial charge in [-0.2, -0.15) is 0 Å². The van der Waals surface area contributed by atoms with E-state index >= 15 is 0 Å². The lowest BCUT2D eigenvalue weighted by Gasteiger charge is -2.13. The minimum Gasteiger partial charge on any atom is -0.481 e. The smallest absolute Gasteiger partial charge is 0.217 e. The lowest BCUT2D eigenvalue weighted by Crippen LogP contribution is -2.28. The van der Waals surface area contributed by atoms with Crippen LogP contribution in [0.2, 0.25) is 0 Å². The van der Waals surface area contributed by atoms with Crippen LogP contribution in [-0.4, -0.2) is 24.2 Å². The number of rotatable bonds is 4. The second-order valence-corrected chi connectivity index (χ2v) is 4.32. The molecule has 0 aromatic carbocycles. The van der Waals surface area contributed by atoms with Gasteiger partial charge in [-0.15, -0.1) is 0 Å². The molecular formula is C12H19N3O. The molecule has 0 amide bonds. The van der Waals surface area contributed by atoms with Crippen LogP contribution in [0.5, 0.6) is 5.88 Å². The Morgan fingerprint density at radius 1 is 1.56 bits per heavy atom. The van der Waals surface area contributed by atoms with Crippen LogP contribution in [-0.2, 0) is 6.54 Å². The second kappa shape index (κ2) is 5.27. The van der Waals surface area contributed by atoms with Crippen molar-refractivity contribution in [2.24, 2.45) is 5.73 Å². The topological polar surface area (TPSA) is 60.2 Å². The maximum absolute atomic E-state index is 5.87. The average molecular weight is 221 g/mol. The van der Waals surface area contributed by atoms with Gasteiger partial charge in [0, 0.05) is 30.4 Å². The lowest BCUT2D eigenvalue weighted by molar-refractivity contribution is 0.388. The van der Waals surface area contributed by atoms with Gasteiger partial charge in [-0.3, -0.25) is 0 Å². The normalized spacial score (nSPS) is 24.6. The Bertz CT molecular complexity index is 343. The zero-order chi connectivity index (χ0) is 11.4. The van der Waals surface area contributed by atoms with Crippen molar-refractivity contribution >= 4 is 0 Å². The number of hydrogen-bond acceptors (Lipinski definition) is 4. The van der Waals surface area contributed by atoms with Crippen molar-refractivity contribution in [3.8, 4) is 5.88 Å². The lowest BCUT2D eigenvalue weighted by atomic mass is 10.2. The molecule has 1 heterocycles. The van der Waals surface area contributed by atoms with Crippen LogP contribution in [0.3, 0.4) is 0 Å². The summed E-state index contributed by atoms with van der Waals surface area (Å²) in [6, 6.07) is 4.88. The monoisotopic (exact) mass is 221 g/mol. The van der Waals surface area contributed by atoms with E-state index in [-0.39, 0.29) is 0 Å². The molecule has 1 aliphatic carbocycles. The molecule has 1 aliphatic rings. The molecule has 2 atom stereocenters. The van der Waals surface area contributed by atoms with Gasteiger partial charge >= 0.3 is 0 Å². The summed E-state index contributed by atoms with van der Waals surface area (Å²) in [4.78, 5) is 4.17. The SMILES string of the molecule is COc1ncccc1CNC1CCC(N)C1. The molecule has 2 unspecified atom stereocenters. The minimum absolute atomic E-state index is 0.369. The van der Waals surface area contributed by atoms with E-state index < -0.39 is 0 Å². The standard InChI is InChI=1S/C12H19N3O/c1-16-12-9(3-2-6-14-12)8-15-11-5-4-10(13)7-11/h2-3,6,10-11,15H,4-5,7-8,13H2,1H3. The molecular weight excluding hydrogens is 202 g/mol. The second-order valence-electron chi connectivity index (χ2n) is 4.32. The first-order chi connectivity index (χ1) is 7.79. The molecule has 3 N–H and O–H groups in total. The van der Waals surface area contributed by atoms with Crippen molar-refractivity contribution in [3.05, 3.63) is 23.9 Å². The average Bonchev–Trinajstić information content (AvgIpc) is 2.73. The summed E-state index contributed by atoms with van der Waals surface area (Å²) in [5.74, 6) is 0.706. The molecule has 2 rings (SSSR count). The van der Waals surface area contributed by atoms with Gasteiger partial charge in [0.05, 0.1) is 7.11 Å². The zero-order valence-corrected chi connectivity index (χ0v) is 9.65. The number of aromatic nitrogens is 1. The van der Waals surface area contributed by atoms with E-state index in [4.69, 9.17) is 10.5 Å². The van der Waals surface area contributed by atoms with Crippen LogP contribution in [0.15, 0.2) is 18.3 Å². The summed E-state index contributed by atoms with van der Waals surface area (Å²) < 4.78 is 5.21. The first-order valence-electron chi connectivity index (χ1n) is 5.76. The van der Waals surface area contributed by atoms with E-state index in [2.05, 4.69) is 10.3 Å². The predicted octanol–water partition coefficient (Wildman–Crippen LogP) is 1.06. The molecule has 0 radical (unpaired) electrons. The van der Waals surface area contributed by atoms with Crippen LogP contribution in [0.25, 0.3) is 0 Å². The van der Waals surface area contributed by atoms with Gasteiger partial charge in [-0.05, 0) is 25.3 Å². The van der Waals surface area contributed by atoms with Crippen molar-refractivity contribution in [2.45, 2.75) is 37.9 Å². The number of ether oxygens (including phenoxy) is 1. The third-order valence-electron chi connectivity index (χ3n) is 3.10. The summed E-state index contributed by atoms with van der Waals surface area (Å²) in [7, 11) is 1.65. The third-order valence-corrected chi connectivity index (χ3v) is 3.10. The number of pyridine rings is 1.